The molecule has 2 heterocycles. The van der Waals surface area contributed by atoms with Crippen LogP contribution in [0.2, 0.25) is 0 Å². The number of furan rings is 2. The zero-order valence-corrected chi connectivity index (χ0v) is 25.0. The summed E-state index contributed by atoms with van der Waals surface area (Å²) in [5.74, 6) is 1.74. The van der Waals surface area contributed by atoms with Gasteiger partial charge >= 0.3 is 0 Å². The topological polar surface area (TPSA) is 26.3 Å². The van der Waals surface area contributed by atoms with Gasteiger partial charge in [-0.3, -0.25) is 0 Å². The standard InChI is InChI=1S/C44H28O2/c1-3-14-29(15-4-1)32-18-7-8-20-35(32)43-36-21-9-10-22-37(36)44(46-43)38-24-13-23-33(42(38)30-16-5-2-6-17-30)31-26-27-41-39(28-31)34-19-11-12-25-40(34)45-41/h1-28H. The van der Waals surface area contributed by atoms with Crippen LogP contribution in [0.25, 0.3) is 88.7 Å². The average Bonchev–Trinajstić information content (AvgIpc) is 3.70. The van der Waals surface area contributed by atoms with E-state index >= 15 is 0 Å². The zero-order chi connectivity index (χ0) is 30.5. The zero-order valence-electron chi connectivity index (χ0n) is 25.0. The summed E-state index contributed by atoms with van der Waals surface area (Å²) >= 11 is 0. The third kappa shape index (κ3) is 4.27. The molecule has 2 nitrogen and oxygen atoms in total. The molecule has 46 heavy (non-hydrogen) atoms. The molecule has 0 N–H and O–H groups in total. The van der Waals surface area contributed by atoms with Gasteiger partial charge in [0, 0.05) is 38.2 Å². The molecule has 0 aliphatic rings. The molecule has 0 unspecified atom stereocenters. The molecule has 0 bridgehead atoms. The number of rotatable bonds is 5. The second kappa shape index (κ2) is 10.8. The lowest BCUT2D eigenvalue weighted by atomic mass is 9.88. The molecule has 0 atom stereocenters. The minimum Gasteiger partial charge on any atom is -0.456 e. The number of hydrogen-bond donors (Lipinski definition) is 0. The first-order valence-corrected chi connectivity index (χ1v) is 15.6. The Bertz CT molecular complexity index is 2520. The highest BCUT2D eigenvalue weighted by Gasteiger charge is 2.23. The van der Waals surface area contributed by atoms with Crippen molar-refractivity contribution in [2.75, 3.05) is 0 Å². The molecule has 216 valence electrons. The van der Waals surface area contributed by atoms with E-state index in [0.29, 0.717) is 0 Å². The molecule has 7 aromatic carbocycles. The van der Waals surface area contributed by atoms with E-state index in [-0.39, 0.29) is 0 Å². The maximum absolute atomic E-state index is 7.05. The van der Waals surface area contributed by atoms with E-state index in [2.05, 4.69) is 158 Å². The Kier molecular flexibility index (Phi) is 6.17. The van der Waals surface area contributed by atoms with Gasteiger partial charge in [0.1, 0.15) is 22.7 Å². The summed E-state index contributed by atoms with van der Waals surface area (Å²) in [6, 6.07) is 59.5. The van der Waals surface area contributed by atoms with Crippen molar-refractivity contribution in [1.29, 1.82) is 0 Å². The molecule has 2 heteroatoms. The minimum atomic E-state index is 0.865. The van der Waals surface area contributed by atoms with Crippen LogP contribution in [0.3, 0.4) is 0 Å². The average molecular weight is 589 g/mol. The highest BCUT2D eigenvalue weighted by Crippen LogP contribution is 2.47. The summed E-state index contributed by atoms with van der Waals surface area (Å²) in [5, 5.41) is 4.42. The second-order valence-electron chi connectivity index (χ2n) is 11.6. The van der Waals surface area contributed by atoms with Gasteiger partial charge in [-0.2, -0.15) is 0 Å². The van der Waals surface area contributed by atoms with Crippen LogP contribution in [0.4, 0.5) is 0 Å². The summed E-state index contributed by atoms with van der Waals surface area (Å²) in [5.41, 5.74) is 10.8. The van der Waals surface area contributed by atoms with Crippen molar-refractivity contribution in [3.63, 3.8) is 0 Å². The minimum absolute atomic E-state index is 0.865. The number of fused-ring (bicyclic) bond motifs is 4. The van der Waals surface area contributed by atoms with E-state index in [9.17, 15) is 0 Å². The van der Waals surface area contributed by atoms with E-state index in [0.717, 1.165) is 88.7 Å². The van der Waals surface area contributed by atoms with Crippen LogP contribution in [0, 0.1) is 0 Å². The molecule has 0 saturated carbocycles. The predicted molar refractivity (Wildman–Crippen MR) is 191 cm³/mol. The molecule has 2 aromatic heterocycles. The lowest BCUT2D eigenvalue weighted by Gasteiger charge is -2.15. The van der Waals surface area contributed by atoms with Gasteiger partial charge in [-0.05, 0) is 46.0 Å². The van der Waals surface area contributed by atoms with Crippen molar-refractivity contribution in [2.45, 2.75) is 0 Å². The van der Waals surface area contributed by atoms with Crippen LogP contribution >= 0.6 is 0 Å². The monoisotopic (exact) mass is 588 g/mol. The third-order valence-corrected chi connectivity index (χ3v) is 8.94. The summed E-state index contributed by atoms with van der Waals surface area (Å²) in [7, 11) is 0. The molecule has 0 aliphatic carbocycles. The van der Waals surface area contributed by atoms with Gasteiger partial charge in [0.2, 0.25) is 0 Å². The molecular weight excluding hydrogens is 560 g/mol. The van der Waals surface area contributed by atoms with Crippen molar-refractivity contribution >= 4 is 32.7 Å². The fourth-order valence-corrected chi connectivity index (χ4v) is 6.83. The molecular formula is C44H28O2. The smallest absolute Gasteiger partial charge is 0.143 e. The summed E-state index contributed by atoms with van der Waals surface area (Å²) in [4.78, 5) is 0. The Morgan fingerprint density at radius 1 is 0.283 bits per heavy atom. The molecule has 0 amide bonds. The molecule has 0 aliphatic heterocycles. The van der Waals surface area contributed by atoms with Crippen LogP contribution in [0.15, 0.2) is 179 Å². The van der Waals surface area contributed by atoms with Gasteiger partial charge in [0.05, 0.1) is 0 Å². The Morgan fingerprint density at radius 2 is 0.826 bits per heavy atom. The third-order valence-electron chi connectivity index (χ3n) is 8.94. The van der Waals surface area contributed by atoms with E-state index in [1.807, 2.05) is 12.1 Å². The summed E-state index contributed by atoms with van der Waals surface area (Å²) in [6.07, 6.45) is 0. The normalized spacial score (nSPS) is 11.5. The molecule has 9 rings (SSSR count). The van der Waals surface area contributed by atoms with Gasteiger partial charge in [-0.25, -0.2) is 0 Å². The first-order valence-electron chi connectivity index (χ1n) is 15.6. The molecule has 0 spiro atoms. The predicted octanol–water partition coefficient (Wildman–Crippen LogP) is 12.7. The Balaban J connectivity index is 1.31. The van der Waals surface area contributed by atoms with Crippen LogP contribution < -0.4 is 0 Å². The van der Waals surface area contributed by atoms with Crippen molar-refractivity contribution in [3.05, 3.63) is 170 Å². The van der Waals surface area contributed by atoms with Crippen LogP contribution in [0.5, 0.6) is 0 Å². The van der Waals surface area contributed by atoms with Crippen LogP contribution in [-0.4, -0.2) is 0 Å². The van der Waals surface area contributed by atoms with Gasteiger partial charge < -0.3 is 8.83 Å². The lowest BCUT2D eigenvalue weighted by molar-refractivity contribution is 0.602. The van der Waals surface area contributed by atoms with Gasteiger partial charge in [0.25, 0.3) is 0 Å². The highest BCUT2D eigenvalue weighted by atomic mass is 16.3. The first-order chi connectivity index (χ1) is 22.8. The lowest BCUT2D eigenvalue weighted by Crippen LogP contribution is -1.90. The second-order valence-corrected chi connectivity index (χ2v) is 11.6. The Morgan fingerprint density at radius 3 is 1.59 bits per heavy atom. The SMILES string of the molecule is c1ccc(-c2ccccc2-c2oc(-c3cccc(-c4ccc5oc6ccccc6c5c4)c3-c3ccccc3)c3ccccc23)cc1. The number of benzene rings is 7. The maximum Gasteiger partial charge on any atom is 0.143 e. The van der Waals surface area contributed by atoms with Gasteiger partial charge in [-0.15, -0.1) is 0 Å². The fourth-order valence-electron chi connectivity index (χ4n) is 6.83. The van der Waals surface area contributed by atoms with Crippen LogP contribution in [0.1, 0.15) is 0 Å². The van der Waals surface area contributed by atoms with Crippen molar-refractivity contribution < 1.29 is 8.83 Å². The van der Waals surface area contributed by atoms with Crippen molar-refractivity contribution in [1.82, 2.24) is 0 Å². The van der Waals surface area contributed by atoms with E-state index < -0.39 is 0 Å². The largest absolute Gasteiger partial charge is 0.456 e. The van der Waals surface area contributed by atoms with E-state index in [1.54, 1.807) is 0 Å². The molecule has 0 fully saturated rings. The number of para-hydroxylation sites is 1. The fraction of sp³-hybridized carbons (Fsp3) is 0. The van der Waals surface area contributed by atoms with E-state index in [4.69, 9.17) is 8.83 Å². The summed E-state index contributed by atoms with van der Waals surface area (Å²) < 4.78 is 13.2. The van der Waals surface area contributed by atoms with Crippen molar-refractivity contribution in [3.8, 4) is 56.0 Å². The molecule has 9 aromatic rings. The molecule has 0 saturated heterocycles. The first kappa shape index (κ1) is 26.3. The summed E-state index contributed by atoms with van der Waals surface area (Å²) in [6.45, 7) is 0. The van der Waals surface area contributed by atoms with Gasteiger partial charge in [-0.1, -0.05) is 152 Å². The van der Waals surface area contributed by atoms with Crippen molar-refractivity contribution in [2.24, 2.45) is 0 Å². The van der Waals surface area contributed by atoms with E-state index in [1.165, 1.54) is 0 Å². The Hall–Kier alpha value is -6.12. The van der Waals surface area contributed by atoms with Crippen LogP contribution in [-0.2, 0) is 0 Å². The highest BCUT2D eigenvalue weighted by molar-refractivity contribution is 6.09. The van der Waals surface area contributed by atoms with Gasteiger partial charge in [0.15, 0.2) is 0 Å². The Labute approximate surface area is 266 Å². The maximum atomic E-state index is 7.05. The number of hydrogen-bond acceptors (Lipinski definition) is 2. The quantitative estimate of drug-likeness (QED) is 0.200. The molecule has 0 radical (unpaired) electrons.